The van der Waals surface area contributed by atoms with Crippen molar-refractivity contribution in [1.29, 1.82) is 0 Å². The second-order valence-electron chi connectivity index (χ2n) is 5.92. The molecule has 2 aromatic rings. The molecule has 0 aliphatic carbocycles. The van der Waals surface area contributed by atoms with Gasteiger partial charge in [0.1, 0.15) is 12.4 Å². The van der Waals surface area contributed by atoms with Gasteiger partial charge in [-0.2, -0.15) is 0 Å². The number of fused-ring (bicyclic) bond motifs is 1. The maximum Gasteiger partial charge on any atom is 0.161 e. The van der Waals surface area contributed by atoms with Gasteiger partial charge in [-0.15, -0.1) is 0 Å². The summed E-state index contributed by atoms with van der Waals surface area (Å²) in [6, 6.07) is 11.7. The van der Waals surface area contributed by atoms with Crippen LogP contribution in [0.25, 0.3) is 0 Å². The number of hydrogen-bond donors (Lipinski definition) is 1. The van der Waals surface area contributed by atoms with Crippen molar-refractivity contribution < 1.29 is 14.2 Å². The number of nitrogen functional groups attached to an aromatic ring is 1. The zero-order chi connectivity index (χ0) is 16.9. The summed E-state index contributed by atoms with van der Waals surface area (Å²) in [6.45, 7) is 3.47. The Bertz CT molecular complexity index is 686. The summed E-state index contributed by atoms with van der Waals surface area (Å²) in [5, 5.41) is 0. The summed E-state index contributed by atoms with van der Waals surface area (Å²) >= 11 is 0. The summed E-state index contributed by atoms with van der Waals surface area (Å²) < 4.78 is 16.6. The molecule has 0 fully saturated rings. The lowest BCUT2D eigenvalue weighted by Crippen LogP contribution is -2.33. The van der Waals surface area contributed by atoms with E-state index in [2.05, 4.69) is 17.0 Å². The van der Waals surface area contributed by atoms with Crippen LogP contribution < -0.4 is 19.9 Å². The maximum atomic E-state index is 5.79. The third kappa shape index (κ3) is 3.74. The van der Waals surface area contributed by atoms with Crippen molar-refractivity contribution in [3.8, 4) is 17.2 Å². The van der Waals surface area contributed by atoms with Crippen molar-refractivity contribution >= 4 is 5.69 Å². The fraction of sp³-hybridized carbons (Fsp3) is 0.368. The first kappa shape index (κ1) is 16.5. The molecule has 0 atom stereocenters. The lowest BCUT2D eigenvalue weighted by Gasteiger charge is -2.29. The second-order valence-corrected chi connectivity index (χ2v) is 5.92. The maximum absolute atomic E-state index is 5.79. The first-order valence-electron chi connectivity index (χ1n) is 8.14. The lowest BCUT2D eigenvalue weighted by atomic mass is 9.99. The molecule has 3 rings (SSSR count). The molecule has 0 bridgehead atoms. The number of rotatable bonds is 6. The van der Waals surface area contributed by atoms with E-state index in [1.165, 1.54) is 11.1 Å². The van der Waals surface area contributed by atoms with Crippen LogP contribution >= 0.6 is 0 Å². The van der Waals surface area contributed by atoms with Crippen molar-refractivity contribution in [2.45, 2.75) is 13.0 Å². The minimum Gasteiger partial charge on any atom is -0.493 e. The van der Waals surface area contributed by atoms with Gasteiger partial charge >= 0.3 is 0 Å². The SMILES string of the molecule is COc1cc2c(cc1OC)CN(CCOc1ccc(N)cc1)CC2. The topological polar surface area (TPSA) is 57.0 Å². The molecule has 1 heterocycles. The van der Waals surface area contributed by atoms with E-state index in [1.807, 2.05) is 24.3 Å². The Morgan fingerprint density at radius 3 is 2.33 bits per heavy atom. The number of ether oxygens (including phenoxy) is 3. The Labute approximate surface area is 142 Å². The van der Waals surface area contributed by atoms with Crippen LogP contribution in [0.3, 0.4) is 0 Å². The van der Waals surface area contributed by atoms with Gasteiger partial charge in [-0.25, -0.2) is 0 Å². The van der Waals surface area contributed by atoms with E-state index < -0.39 is 0 Å². The molecule has 0 saturated heterocycles. The summed E-state index contributed by atoms with van der Waals surface area (Å²) in [6.07, 6.45) is 1.01. The van der Waals surface area contributed by atoms with Gasteiger partial charge < -0.3 is 19.9 Å². The van der Waals surface area contributed by atoms with E-state index in [4.69, 9.17) is 19.9 Å². The fourth-order valence-electron chi connectivity index (χ4n) is 2.99. The van der Waals surface area contributed by atoms with Gasteiger partial charge in [0.25, 0.3) is 0 Å². The summed E-state index contributed by atoms with van der Waals surface area (Å²) in [4.78, 5) is 2.39. The smallest absolute Gasteiger partial charge is 0.161 e. The lowest BCUT2D eigenvalue weighted by molar-refractivity contribution is 0.196. The molecule has 128 valence electrons. The Hall–Kier alpha value is -2.40. The van der Waals surface area contributed by atoms with Gasteiger partial charge in [-0.1, -0.05) is 0 Å². The number of methoxy groups -OCH3 is 2. The molecule has 0 amide bonds. The van der Waals surface area contributed by atoms with Crippen molar-refractivity contribution in [2.24, 2.45) is 0 Å². The minimum atomic E-state index is 0.659. The van der Waals surface area contributed by atoms with E-state index in [0.29, 0.717) is 6.61 Å². The Morgan fingerprint density at radius 2 is 1.67 bits per heavy atom. The van der Waals surface area contributed by atoms with Gasteiger partial charge in [0.2, 0.25) is 0 Å². The average molecular weight is 328 g/mol. The normalized spacial score (nSPS) is 14.1. The van der Waals surface area contributed by atoms with E-state index >= 15 is 0 Å². The van der Waals surface area contributed by atoms with Crippen LogP contribution in [0, 0.1) is 0 Å². The molecule has 0 aromatic heterocycles. The van der Waals surface area contributed by atoms with Gasteiger partial charge in [0.05, 0.1) is 14.2 Å². The molecule has 0 unspecified atom stereocenters. The molecule has 24 heavy (non-hydrogen) atoms. The molecule has 0 spiro atoms. The molecule has 1 aliphatic rings. The fourth-order valence-corrected chi connectivity index (χ4v) is 2.99. The summed E-state index contributed by atoms with van der Waals surface area (Å²) in [7, 11) is 3.35. The number of nitrogens with two attached hydrogens (primary N) is 1. The Morgan fingerprint density at radius 1 is 1.00 bits per heavy atom. The molecule has 1 aliphatic heterocycles. The van der Waals surface area contributed by atoms with Crippen molar-refractivity contribution in [1.82, 2.24) is 4.90 Å². The van der Waals surface area contributed by atoms with Crippen molar-refractivity contribution in [3.63, 3.8) is 0 Å². The standard InChI is InChI=1S/C19H24N2O3/c1-22-18-11-14-7-8-21(13-15(14)12-19(18)23-2)9-10-24-17-5-3-16(20)4-6-17/h3-6,11-12H,7-10,13,20H2,1-2H3. The molecule has 5 nitrogen and oxygen atoms in total. The molecular weight excluding hydrogens is 304 g/mol. The highest BCUT2D eigenvalue weighted by atomic mass is 16.5. The molecular formula is C19H24N2O3. The Balaban J connectivity index is 1.57. The van der Waals surface area contributed by atoms with Crippen LogP contribution in [0.15, 0.2) is 36.4 Å². The number of hydrogen-bond acceptors (Lipinski definition) is 5. The molecule has 0 radical (unpaired) electrons. The number of nitrogens with zero attached hydrogens (tertiary/aromatic N) is 1. The zero-order valence-corrected chi connectivity index (χ0v) is 14.2. The zero-order valence-electron chi connectivity index (χ0n) is 14.2. The van der Waals surface area contributed by atoms with E-state index in [1.54, 1.807) is 14.2 Å². The second kappa shape index (κ2) is 7.45. The monoisotopic (exact) mass is 328 g/mol. The van der Waals surface area contributed by atoms with Gasteiger partial charge in [0, 0.05) is 25.3 Å². The third-order valence-electron chi connectivity index (χ3n) is 4.35. The van der Waals surface area contributed by atoms with Crippen molar-refractivity contribution in [2.75, 3.05) is 39.6 Å². The average Bonchev–Trinajstić information content (AvgIpc) is 2.62. The van der Waals surface area contributed by atoms with Crippen LogP contribution in [-0.4, -0.2) is 38.8 Å². The number of benzene rings is 2. The van der Waals surface area contributed by atoms with E-state index in [0.717, 1.165) is 49.0 Å². The minimum absolute atomic E-state index is 0.659. The third-order valence-corrected chi connectivity index (χ3v) is 4.35. The summed E-state index contributed by atoms with van der Waals surface area (Å²) in [5.41, 5.74) is 9.06. The Kier molecular flexibility index (Phi) is 5.11. The summed E-state index contributed by atoms with van der Waals surface area (Å²) in [5.74, 6) is 2.45. The highest BCUT2D eigenvalue weighted by Crippen LogP contribution is 2.33. The highest BCUT2D eigenvalue weighted by molar-refractivity contribution is 5.48. The van der Waals surface area contributed by atoms with Gasteiger partial charge in [0.15, 0.2) is 11.5 Å². The van der Waals surface area contributed by atoms with Crippen LogP contribution in [0.4, 0.5) is 5.69 Å². The highest BCUT2D eigenvalue weighted by Gasteiger charge is 2.19. The van der Waals surface area contributed by atoms with Crippen LogP contribution in [0.1, 0.15) is 11.1 Å². The molecule has 5 heteroatoms. The van der Waals surface area contributed by atoms with Gasteiger partial charge in [-0.05, 0) is 53.9 Å². The predicted molar refractivity (Wildman–Crippen MR) is 94.9 cm³/mol. The predicted octanol–water partition coefficient (Wildman–Crippen LogP) is 2.72. The first-order valence-corrected chi connectivity index (χ1v) is 8.14. The first-order chi connectivity index (χ1) is 11.7. The van der Waals surface area contributed by atoms with Crippen LogP contribution in [0.2, 0.25) is 0 Å². The molecule has 2 N–H and O–H groups in total. The molecule has 2 aromatic carbocycles. The largest absolute Gasteiger partial charge is 0.493 e. The van der Waals surface area contributed by atoms with Crippen LogP contribution in [-0.2, 0) is 13.0 Å². The quantitative estimate of drug-likeness (QED) is 0.826. The van der Waals surface area contributed by atoms with Gasteiger partial charge in [-0.3, -0.25) is 4.90 Å². The van der Waals surface area contributed by atoms with E-state index in [9.17, 15) is 0 Å². The molecule has 0 saturated carbocycles. The van der Waals surface area contributed by atoms with Crippen molar-refractivity contribution in [3.05, 3.63) is 47.5 Å². The number of anilines is 1. The van der Waals surface area contributed by atoms with E-state index in [-0.39, 0.29) is 0 Å². The van der Waals surface area contributed by atoms with Crippen LogP contribution in [0.5, 0.6) is 17.2 Å².